The third-order valence-corrected chi connectivity index (χ3v) is 4.15. The lowest BCUT2D eigenvalue weighted by atomic mass is 9.77. The summed E-state index contributed by atoms with van der Waals surface area (Å²) in [5.41, 5.74) is 3.40. The van der Waals surface area contributed by atoms with Gasteiger partial charge in [-0.05, 0) is 29.7 Å². The second-order valence-corrected chi connectivity index (χ2v) is 5.82. The molecule has 2 aromatic rings. The van der Waals surface area contributed by atoms with Crippen LogP contribution in [0.2, 0.25) is 0 Å². The molecule has 2 aromatic carbocycles. The van der Waals surface area contributed by atoms with Gasteiger partial charge < -0.3 is 5.32 Å². The number of hydrogen-bond acceptors (Lipinski definition) is 3. The van der Waals surface area contributed by atoms with Gasteiger partial charge in [0.15, 0.2) is 0 Å². The third kappa shape index (κ3) is 2.41. The molecule has 1 unspecified atom stereocenters. The molecule has 0 aliphatic heterocycles. The summed E-state index contributed by atoms with van der Waals surface area (Å²) in [4.78, 5) is 10.7. The highest BCUT2D eigenvalue weighted by Gasteiger charge is 2.25. The van der Waals surface area contributed by atoms with Gasteiger partial charge in [-0.2, -0.15) is 0 Å². The van der Waals surface area contributed by atoms with Crippen LogP contribution in [0.1, 0.15) is 17.0 Å². The Morgan fingerprint density at radius 2 is 2.10 bits per heavy atom. The fraction of sp³-hybridized carbons (Fsp3) is 0.200. The SMILES string of the molecule is O=[N+]([O-])c1ccc(Br)cc1NCC1Cc2ccccc21. The Morgan fingerprint density at radius 1 is 1.30 bits per heavy atom. The van der Waals surface area contributed by atoms with Crippen molar-refractivity contribution in [3.05, 3.63) is 68.2 Å². The van der Waals surface area contributed by atoms with Crippen LogP contribution in [0.15, 0.2) is 46.9 Å². The zero-order valence-corrected chi connectivity index (χ0v) is 12.3. The van der Waals surface area contributed by atoms with Gasteiger partial charge in [0.05, 0.1) is 4.92 Å². The maximum absolute atomic E-state index is 11.0. The van der Waals surface area contributed by atoms with Crippen molar-refractivity contribution in [3.8, 4) is 0 Å². The highest BCUT2D eigenvalue weighted by atomic mass is 79.9. The molecule has 0 heterocycles. The first-order valence-electron chi connectivity index (χ1n) is 6.41. The predicted octanol–water partition coefficient (Wildman–Crippen LogP) is 4.11. The van der Waals surface area contributed by atoms with Crippen LogP contribution in [0.3, 0.4) is 0 Å². The summed E-state index contributed by atoms with van der Waals surface area (Å²) in [6, 6.07) is 13.3. The lowest BCUT2D eigenvalue weighted by Gasteiger charge is -2.30. The molecule has 5 heteroatoms. The number of fused-ring (bicyclic) bond motifs is 1. The molecule has 1 aliphatic rings. The number of halogens is 1. The van der Waals surface area contributed by atoms with Crippen molar-refractivity contribution in [1.82, 2.24) is 0 Å². The maximum atomic E-state index is 11.0. The Labute approximate surface area is 125 Å². The Kier molecular flexibility index (Phi) is 3.44. The molecule has 3 rings (SSSR count). The van der Waals surface area contributed by atoms with Crippen LogP contribution in [-0.2, 0) is 6.42 Å². The van der Waals surface area contributed by atoms with Crippen LogP contribution in [0, 0.1) is 10.1 Å². The summed E-state index contributed by atoms with van der Waals surface area (Å²) in [7, 11) is 0. The Balaban J connectivity index is 1.74. The van der Waals surface area contributed by atoms with E-state index in [1.807, 2.05) is 12.1 Å². The summed E-state index contributed by atoms with van der Waals surface area (Å²) < 4.78 is 0.833. The van der Waals surface area contributed by atoms with Gasteiger partial charge >= 0.3 is 0 Å². The van der Waals surface area contributed by atoms with Gasteiger partial charge in [0, 0.05) is 23.0 Å². The lowest BCUT2D eigenvalue weighted by molar-refractivity contribution is -0.384. The summed E-state index contributed by atoms with van der Waals surface area (Å²) in [6.07, 6.45) is 1.03. The van der Waals surface area contributed by atoms with Crippen molar-refractivity contribution >= 4 is 27.3 Å². The Morgan fingerprint density at radius 3 is 2.85 bits per heavy atom. The number of hydrogen-bond donors (Lipinski definition) is 1. The summed E-state index contributed by atoms with van der Waals surface area (Å²) in [5, 5.41) is 14.2. The number of rotatable bonds is 4. The maximum Gasteiger partial charge on any atom is 0.292 e. The number of nitrogens with zero attached hydrogens (tertiary/aromatic N) is 1. The van der Waals surface area contributed by atoms with Crippen molar-refractivity contribution in [1.29, 1.82) is 0 Å². The number of benzene rings is 2. The third-order valence-electron chi connectivity index (χ3n) is 3.66. The van der Waals surface area contributed by atoms with Gasteiger partial charge in [-0.1, -0.05) is 40.2 Å². The van der Waals surface area contributed by atoms with Gasteiger partial charge in [-0.25, -0.2) is 0 Å². The number of anilines is 1. The van der Waals surface area contributed by atoms with E-state index in [1.165, 1.54) is 17.2 Å². The van der Waals surface area contributed by atoms with Gasteiger partial charge in [-0.3, -0.25) is 10.1 Å². The molecule has 0 radical (unpaired) electrons. The second-order valence-electron chi connectivity index (χ2n) is 4.90. The van der Waals surface area contributed by atoms with E-state index in [9.17, 15) is 10.1 Å². The molecule has 20 heavy (non-hydrogen) atoms. The summed E-state index contributed by atoms with van der Waals surface area (Å²) >= 11 is 3.35. The first kappa shape index (κ1) is 13.1. The van der Waals surface area contributed by atoms with Crippen LogP contribution in [-0.4, -0.2) is 11.5 Å². The normalized spacial score (nSPS) is 16.1. The molecule has 1 atom stereocenters. The standard InChI is InChI=1S/C15H13BrN2O2/c16-12-5-6-15(18(19)20)14(8-12)17-9-11-7-10-3-1-2-4-13(10)11/h1-6,8,11,17H,7,9H2. The highest BCUT2D eigenvalue weighted by Crippen LogP contribution is 2.36. The van der Waals surface area contributed by atoms with E-state index < -0.39 is 0 Å². The Hall–Kier alpha value is -1.88. The smallest absolute Gasteiger partial charge is 0.292 e. The van der Waals surface area contributed by atoms with E-state index in [0.29, 0.717) is 18.2 Å². The van der Waals surface area contributed by atoms with Gasteiger partial charge in [0.25, 0.3) is 5.69 Å². The zero-order chi connectivity index (χ0) is 14.1. The topological polar surface area (TPSA) is 55.2 Å². The number of nitrogens with one attached hydrogen (secondary N) is 1. The number of nitro benzene ring substituents is 1. The molecule has 0 bridgehead atoms. The van der Waals surface area contributed by atoms with Crippen LogP contribution in [0.4, 0.5) is 11.4 Å². The van der Waals surface area contributed by atoms with Crippen molar-refractivity contribution in [3.63, 3.8) is 0 Å². The van der Waals surface area contributed by atoms with Gasteiger partial charge in [0.1, 0.15) is 5.69 Å². The van der Waals surface area contributed by atoms with Crippen LogP contribution in [0.25, 0.3) is 0 Å². The average Bonchev–Trinajstić information content (AvgIpc) is 2.39. The molecule has 0 fully saturated rings. The van der Waals surface area contributed by atoms with E-state index in [-0.39, 0.29) is 10.6 Å². The van der Waals surface area contributed by atoms with Crippen LogP contribution < -0.4 is 5.32 Å². The van der Waals surface area contributed by atoms with Crippen molar-refractivity contribution in [2.24, 2.45) is 0 Å². The molecule has 0 amide bonds. The molecule has 4 nitrogen and oxygen atoms in total. The van der Waals surface area contributed by atoms with E-state index in [0.717, 1.165) is 10.9 Å². The molecule has 0 saturated heterocycles. The minimum absolute atomic E-state index is 0.112. The first-order valence-corrected chi connectivity index (χ1v) is 7.20. The van der Waals surface area contributed by atoms with Gasteiger partial charge in [-0.15, -0.1) is 0 Å². The molecular weight excluding hydrogens is 320 g/mol. The first-order chi connectivity index (χ1) is 9.65. The molecule has 1 N–H and O–H groups in total. The minimum atomic E-state index is -0.358. The second kappa shape index (κ2) is 5.25. The van der Waals surface area contributed by atoms with E-state index in [1.54, 1.807) is 12.1 Å². The largest absolute Gasteiger partial charge is 0.379 e. The van der Waals surface area contributed by atoms with Crippen molar-refractivity contribution in [2.75, 3.05) is 11.9 Å². The molecule has 0 spiro atoms. The number of nitro groups is 1. The summed E-state index contributed by atoms with van der Waals surface area (Å²) in [5.74, 6) is 0.435. The molecule has 1 aliphatic carbocycles. The summed E-state index contributed by atoms with van der Waals surface area (Å²) in [6.45, 7) is 0.717. The lowest BCUT2D eigenvalue weighted by Crippen LogP contribution is -2.24. The Bertz CT molecular complexity index is 673. The molecule has 102 valence electrons. The van der Waals surface area contributed by atoms with Crippen molar-refractivity contribution < 1.29 is 4.92 Å². The van der Waals surface area contributed by atoms with E-state index in [2.05, 4.69) is 33.4 Å². The zero-order valence-electron chi connectivity index (χ0n) is 10.7. The molecule has 0 saturated carbocycles. The molecule has 0 aromatic heterocycles. The quantitative estimate of drug-likeness (QED) is 0.677. The van der Waals surface area contributed by atoms with Crippen molar-refractivity contribution in [2.45, 2.75) is 12.3 Å². The average molecular weight is 333 g/mol. The predicted molar refractivity (Wildman–Crippen MR) is 82.2 cm³/mol. The highest BCUT2D eigenvalue weighted by molar-refractivity contribution is 9.10. The van der Waals surface area contributed by atoms with E-state index >= 15 is 0 Å². The van der Waals surface area contributed by atoms with E-state index in [4.69, 9.17) is 0 Å². The van der Waals surface area contributed by atoms with Gasteiger partial charge in [0.2, 0.25) is 0 Å². The minimum Gasteiger partial charge on any atom is -0.379 e. The van der Waals surface area contributed by atoms with Crippen LogP contribution >= 0.6 is 15.9 Å². The fourth-order valence-corrected chi connectivity index (χ4v) is 2.95. The fourth-order valence-electron chi connectivity index (χ4n) is 2.59. The molecular formula is C15H13BrN2O2. The monoisotopic (exact) mass is 332 g/mol. The van der Waals surface area contributed by atoms with Crippen LogP contribution in [0.5, 0.6) is 0 Å².